The number of hydrogen-bond acceptors (Lipinski definition) is 4. The molecule has 1 saturated heterocycles. The van der Waals surface area contributed by atoms with Crippen LogP contribution >= 0.6 is 11.8 Å². The molecule has 0 aliphatic carbocycles. The zero-order valence-electron chi connectivity index (χ0n) is 11.7. The molecule has 2 rings (SSSR count). The minimum Gasteiger partial charge on any atom is -0.351 e. The molecule has 2 unspecified atom stereocenters. The Morgan fingerprint density at radius 3 is 2.95 bits per heavy atom. The number of nitrogens with one attached hydrogen (secondary N) is 1. The van der Waals surface area contributed by atoms with Crippen molar-refractivity contribution in [1.82, 2.24) is 15.2 Å². The summed E-state index contributed by atoms with van der Waals surface area (Å²) in [7, 11) is 0. The fourth-order valence-electron chi connectivity index (χ4n) is 2.14. The summed E-state index contributed by atoms with van der Waals surface area (Å²) >= 11 is 1.52. The molecular weight excluding hydrogens is 274 g/mol. The van der Waals surface area contributed by atoms with Crippen LogP contribution in [0.5, 0.6) is 0 Å². The van der Waals surface area contributed by atoms with Crippen LogP contribution in [0.1, 0.15) is 23.8 Å². The van der Waals surface area contributed by atoms with Crippen LogP contribution in [-0.4, -0.2) is 52.3 Å². The summed E-state index contributed by atoms with van der Waals surface area (Å²) in [4.78, 5) is 29.9. The average Bonchev–Trinajstić information content (AvgIpc) is 2.94. The lowest BCUT2D eigenvalue weighted by Crippen LogP contribution is -2.41. The Labute approximate surface area is 123 Å². The van der Waals surface area contributed by atoms with Crippen molar-refractivity contribution in [2.24, 2.45) is 0 Å². The van der Waals surface area contributed by atoms with E-state index in [1.54, 1.807) is 29.3 Å². The van der Waals surface area contributed by atoms with Gasteiger partial charge < -0.3 is 10.2 Å². The number of hydrogen-bond donors (Lipinski definition) is 1. The molecule has 2 amide bonds. The Kier molecular flexibility index (Phi) is 5.00. The lowest BCUT2D eigenvalue weighted by molar-refractivity contribution is -0.120. The van der Waals surface area contributed by atoms with Crippen LogP contribution in [-0.2, 0) is 4.79 Å². The molecule has 1 aromatic heterocycles. The van der Waals surface area contributed by atoms with Gasteiger partial charge in [0.05, 0.1) is 5.25 Å². The number of aromatic nitrogens is 1. The topological polar surface area (TPSA) is 62.3 Å². The van der Waals surface area contributed by atoms with E-state index in [1.165, 1.54) is 11.8 Å². The van der Waals surface area contributed by atoms with Crippen molar-refractivity contribution in [3.63, 3.8) is 0 Å². The summed E-state index contributed by atoms with van der Waals surface area (Å²) in [6, 6.07) is 5.35. The summed E-state index contributed by atoms with van der Waals surface area (Å²) in [6.45, 7) is 3.10. The summed E-state index contributed by atoms with van der Waals surface area (Å²) < 4.78 is 0. The van der Waals surface area contributed by atoms with Crippen LogP contribution < -0.4 is 5.32 Å². The fraction of sp³-hybridized carbons (Fsp3) is 0.500. The highest BCUT2D eigenvalue weighted by molar-refractivity contribution is 7.99. The predicted molar refractivity (Wildman–Crippen MR) is 79.7 cm³/mol. The molecule has 2 heterocycles. The molecule has 108 valence electrons. The van der Waals surface area contributed by atoms with Crippen LogP contribution in [0.3, 0.4) is 0 Å². The molecule has 2 atom stereocenters. The van der Waals surface area contributed by atoms with E-state index < -0.39 is 0 Å². The molecule has 1 fully saturated rings. The summed E-state index contributed by atoms with van der Waals surface area (Å²) in [6.07, 6.45) is 4.32. The third-order valence-electron chi connectivity index (χ3n) is 3.43. The van der Waals surface area contributed by atoms with E-state index in [1.807, 2.05) is 13.2 Å². The SMILES string of the molecule is CSC(C)C(=O)NC1CCN(C(=O)c2ccccn2)C1. The van der Waals surface area contributed by atoms with Gasteiger partial charge in [-0.25, -0.2) is 0 Å². The number of nitrogens with zero attached hydrogens (tertiary/aromatic N) is 2. The van der Waals surface area contributed by atoms with Crippen LogP contribution in [0.4, 0.5) is 0 Å². The monoisotopic (exact) mass is 293 g/mol. The maximum atomic E-state index is 12.2. The van der Waals surface area contributed by atoms with Gasteiger partial charge in [-0.3, -0.25) is 14.6 Å². The van der Waals surface area contributed by atoms with Gasteiger partial charge in [0.2, 0.25) is 5.91 Å². The summed E-state index contributed by atoms with van der Waals surface area (Å²) in [5.41, 5.74) is 0.456. The number of likely N-dealkylation sites (tertiary alicyclic amines) is 1. The minimum atomic E-state index is -0.0692. The van der Waals surface area contributed by atoms with Crippen molar-refractivity contribution in [1.29, 1.82) is 0 Å². The van der Waals surface area contributed by atoms with E-state index in [0.717, 1.165) is 6.42 Å². The van der Waals surface area contributed by atoms with Crippen molar-refractivity contribution in [3.8, 4) is 0 Å². The first-order valence-corrected chi connectivity index (χ1v) is 7.94. The lowest BCUT2D eigenvalue weighted by Gasteiger charge is -2.18. The van der Waals surface area contributed by atoms with E-state index in [4.69, 9.17) is 0 Å². The molecular formula is C14H19N3O2S. The van der Waals surface area contributed by atoms with Crippen molar-refractivity contribution < 1.29 is 9.59 Å². The van der Waals surface area contributed by atoms with Gasteiger partial charge in [-0.05, 0) is 31.7 Å². The zero-order valence-corrected chi connectivity index (χ0v) is 12.5. The Morgan fingerprint density at radius 2 is 2.30 bits per heavy atom. The van der Waals surface area contributed by atoms with Crippen molar-refractivity contribution >= 4 is 23.6 Å². The van der Waals surface area contributed by atoms with Crippen LogP contribution in [0.15, 0.2) is 24.4 Å². The molecule has 0 aromatic carbocycles. The highest BCUT2D eigenvalue weighted by atomic mass is 32.2. The lowest BCUT2D eigenvalue weighted by atomic mass is 10.2. The van der Waals surface area contributed by atoms with Gasteiger partial charge in [-0.1, -0.05) is 6.07 Å². The van der Waals surface area contributed by atoms with E-state index in [2.05, 4.69) is 10.3 Å². The number of thioether (sulfide) groups is 1. The first-order valence-electron chi connectivity index (χ1n) is 6.65. The quantitative estimate of drug-likeness (QED) is 0.905. The second-order valence-electron chi connectivity index (χ2n) is 4.84. The molecule has 0 spiro atoms. The smallest absolute Gasteiger partial charge is 0.272 e. The van der Waals surface area contributed by atoms with Gasteiger partial charge in [0.15, 0.2) is 0 Å². The number of pyridine rings is 1. The highest BCUT2D eigenvalue weighted by Gasteiger charge is 2.29. The molecule has 1 aliphatic rings. The maximum Gasteiger partial charge on any atom is 0.272 e. The first-order chi connectivity index (χ1) is 9.61. The van der Waals surface area contributed by atoms with Crippen LogP contribution in [0, 0.1) is 0 Å². The summed E-state index contributed by atoms with van der Waals surface area (Å²) in [5, 5.41) is 2.93. The van der Waals surface area contributed by atoms with Crippen LogP contribution in [0.25, 0.3) is 0 Å². The van der Waals surface area contributed by atoms with E-state index in [9.17, 15) is 9.59 Å². The molecule has 6 heteroatoms. The predicted octanol–water partition coefficient (Wildman–Crippen LogP) is 1.16. The second kappa shape index (κ2) is 6.74. The number of rotatable bonds is 4. The van der Waals surface area contributed by atoms with E-state index in [0.29, 0.717) is 18.8 Å². The first kappa shape index (κ1) is 14.8. The Morgan fingerprint density at radius 1 is 1.50 bits per heavy atom. The third-order valence-corrected chi connectivity index (χ3v) is 4.35. The molecule has 0 bridgehead atoms. The average molecular weight is 293 g/mol. The molecule has 0 saturated carbocycles. The normalized spacial score (nSPS) is 19.7. The molecule has 1 N–H and O–H groups in total. The largest absolute Gasteiger partial charge is 0.351 e. The van der Waals surface area contributed by atoms with Gasteiger partial charge in [-0.15, -0.1) is 0 Å². The summed E-state index contributed by atoms with van der Waals surface area (Å²) in [5.74, 6) is -0.0325. The minimum absolute atomic E-state index is 0.0367. The van der Waals surface area contributed by atoms with Crippen molar-refractivity contribution in [2.45, 2.75) is 24.6 Å². The van der Waals surface area contributed by atoms with Gasteiger partial charge in [0.25, 0.3) is 5.91 Å². The van der Waals surface area contributed by atoms with Gasteiger partial charge in [0, 0.05) is 25.3 Å². The maximum absolute atomic E-state index is 12.2. The molecule has 1 aromatic rings. The number of carbonyl (C=O) groups is 2. The van der Waals surface area contributed by atoms with Crippen molar-refractivity contribution in [3.05, 3.63) is 30.1 Å². The van der Waals surface area contributed by atoms with Crippen molar-refractivity contribution in [2.75, 3.05) is 19.3 Å². The number of carbonyl (C=O) groups excluding carboxylic acids is 2. The van der Waals surface area contributed by atoms with Crippen LogP contribution in [0.2, 0.25) is 0 Å². The molecule has 0 radical (unpaired) electrons. The Hall–Kier alpha value is -1.56. The highest BCUT2D eigenvalue weighted by Crippen LogP contribution is 2.14. The van der Waals surface area contributed by atoms with Gasteiger partial charge >= 0.3 is 0 Å². The standard InChI is InChI=1S/C14H19N3O2S/c1-10(20-2)13(18)16-11-6-8-17(9-11)14(19)12-5-3-4-7-15-12/h3-5,7,10-11H,6,8-9H2,1-2H3,(H,16,18). The number of amides is 2. The molecule has 1 aliphatic heterocycles. The zero-order chi connectivity index (χ0) is 14.5. The van der Waals surface area contributed by atoms with Gasteiger partial charge in [-0.2, -0.15) is 11.8 Å². The van der Waals surface area contributed by atoms with E-state index >= 15 is 0 Å². The second-order valence-corrected chi connectivity index (χ2v) is 6.02. The molecule has 20 heavy (non-hydrogen) atoms. The Bertz CT molecular complexity index is 481. The Balaban J connectivity index is 1.89. The molecule has 5 nitrogen and oxygen atoms in total. The van der Waals surface area contributed by atoms with E-state index in [-0.39, 0.29) is 23.1 Å². The third kappa shape index (κ3) is 3.50. The fourth-order valence-corrected chi connectivity index (χ4v) is 2.42. The van der Waals surface area contributed by atoms with Gasteiger partial charge in [0.1, 0.15) is 5.69 Å².